The van der Waals surface area contributed by atoms with Crippen molar-refractivity contribution in [3.05, 3.63) is 53.3 Å². The molecule has 144 valence electrons. The van der Waals surface area contributed by atoms with E-state index in [9.17, 15) is 18.0 Å². The minimum absolute atomic E-state index is 0.0319. The van der Waals surface area contributed by atoms with Gasteiger partial charge in [0.1, 0.15) is 0 Å². The van der Waals surface area contributed by atoms with E-state index >= 15 is 0 Å². The van der Waals surface area contributed by atoms with E-state index in [1.807, 2.05) is 11.0 Å². The highest BCUT2D eigenvalue weighted by Crippen LogP contribution is 2.34. The first kappa shape index (κ1) is 19.4. The molecular formula is C18H18ClF3N4O. The summed E-state index contributed by atoms with van der Waals surface area (Å²) in [5, 5.41) is 2.94. The van der Waals surface area contributed by atoms with Crippen molar-refractivity contribution in [3.63, 3.8) is 0 Å². The minimum atomic E-state index is -4.51. The normalized spacial score (nSPS) is 15.6. The van der Waals surface area contributed by atoms with Gasteiger partial charge in [0.25, 0.3) is 0 Å². The van der Waals surface area contributed by atoms with Crippen LogP contribution in [0, 0.1) is 0 Å². The average molecular weight is 399 g/mol. The molecule has 0 radical (unpaired) electrons. The lowest BCUT2D eigenvalue weighted by Crippen LogP contribution is -2.48. The Hall–Kier alpha value is -2.32. The third kappa shape index (κ3) is 4.90. The number of nitrogens with zero attached hydrogens (tertiary/aromatic N) is 3. The molecule has 0 spiro atoms. The Morgan fingerprint density at radius 1 is 1.15 bits per heavy atom. The van der Waals surface area contributed by atoms with Crippen molar-refractivity contribution in [3.8, 4) is 0 Å². The molecule has 1 saturated heterocycles. The molecule has 1 aromatic carbocycles. The molecule has 5 nitrogen and oxygen atoms in total. The van der Waals surface area contributed by atoms with Crippen LogP contribution in [0.1, 0.15) is 5.56 Å². The van der Waals surface area contributed by atoms with E-state index in [0.717, 1.165) is 11.8 Å². The van der Waals surface area contributed by atoms with Crippen LogP contribution < -0.4 is 10.2 Å². The lowest BCUT2D eigenvalue weighted by atomic mass is 10.1. The van der Waals surface area contributed by atoms with Crippen LogP contribution in [0.15, 0.2) is 42.7 Å². The topological polar surface area (TPSA) is 48.5 Å². The van der Waals surface area contributed by atoms with Crippen LogP contribution in [0.25, 0.3) is 0 Å². The number of halogens is 4. The van der Waals surface area contributed by atoms with Gasteiger partial charge in [0.2, 0.25) is 5.91 Å². The summed E-state index contributed by atoms with van der Waals surface area (Å²) >= 11 is 6.15. The van der Waals surface area contributed by atoms with E-state index in [4.69, 9.17) is 11.6 Å². The monoisotopic (exact) mass is 398 g/mol. The van der Waals surface area contributed by atoms with Gasteiger partial charge in [-0.25, -0.2) is 0 Å². The van der Waals surface area contributed by atoms with Gasteiger partial charge in [-0.1, -0.05) is 23.7 Å². The summed E-state index contributed by atoms with van der Waals surface area (Å²) in [6.07, 6.45) is -1.27. The van der Waals surface area contributed by atoms with Crippen LogP contribution in [0.2, 0.25) is 5.02 Å². The molecule has 0 aliphatic carbocycles. The van der Waals surface area contributed by atoms with Gasteiger partial charge < -0.3 is 10.2 Å². The quantitative estimate of drug-likeness (QED) is 0.856. The van der Waals surface area contributed by atoms with Crippen LogP contribution in [0.3, 0.4) is 0 Å². The molecule has 2 heterocycles. The summed E-state index contributed by atoms with van der Waals surface area (Å²) in [7, 11) is 0. The summed E-state index contributed by atoms with van der Waals surface area (Å²) in [5.74, 6) is -0.470. The molecule has 0 saturated carbocycles. The molecule has 1 aromatic heterocycles. The van der Waals surface area contributed by atoms with Crippen molar-refractivity contribution in [2.75, 3.05) is 42.9 Å². The van der Waals surface area contributed by atoms with Crippen LogP contribution in [0.5, 0.6) is 0 Å². The van der Waals surface area contributed by atoms with Crippen LogP contribution in [-0.4, -0.2) is 48.5 Å². The van der Waals surface area contributed by atoms with Gasteiger partial charge in [-0.2, -0.15) is 13.2 Å². The zero-order valence-corrected chi connectivity index (χ0v) is 15.1. The van der Waals surface area contributed by atoms with E-state index in [2.05, 4.69) is 15.2 Å². The second-order valence-electron chi connectivity index (χ2n) is 6.18. The number of anilines is 2. The van der Waals surface area contributed by atoms with Gasteiger partial charge in [0.05, 0.1) is 28.5 Å². The number of hydrogen-bond donors (Lipinski definition) is 1. The van der Waals surface area contributed by atoms with E-state index < -0.39 is 17.6 Å². The molecule has 0 bridgehead atoms. The Balaban J connectivity index is 1.56. The number of amides is 1. The van der Waals surface area contributed by atoms with Crippen molar-refractivity contribution < 1.29 is 18.0 Å². The number of carbonyl (C=O) groups excluding carboxylic acids is 1. The maximum atomic E-state index is 13.0. The number of benzene rings is 1. The zero-order valence-electron chi connectivity index (χ0n) is 14.3. The van der Waals surface area contributed by atoms with Crippen molar-refractivity contribution in [2.24, 2.45) is 0 Å². The van der Waals surface area contributed by atoms with Crippen molar-refractivity contribution in [2.45, 2.75) is 6.18 Å². The highest BCUT2D eigenvalue weighted by Gasteiger charge is 2.33. The number of alkyl halides is 3. The lowest BCUT2D eigenvalue weighted by molar-refractivity contribution is -0.137. The zero-order chi connectivity index (χ0) is 19.4. The van der Waals surface area contributed by atoms with Crippen molar-refractivity contribution in [1.29, 1.82) is 0 Å². The van der Waals surface area contributed by atoms with Gasteiger partial charge >= 0.3 is 6.18 Å². The molecule has 1 amide bonds. The SMILES string of the molecule is O=C(CN1CCN(c2ccncc2Cl)CC1)Nc1ccccc1C(F)(F)F. The molecule has 0 atom stereocenters. The number of nitrogens with one attached hydrogen (secondary N) is 1. The van der Waals surface area contributed by atoms with Crippen molar-refractivity contribution in [1.82, 2.24) is 9.88 Å². The van der Waals surface area contributed by atoms with E-state index in [-0.39, 0.29) is 12.2 Å². The van der Waals surface area contributed by atoms with E-state index in [1.54, 1.807) is 12.4 Å². The van der Waals surface area contributed by atoms with E-state index in [0.29, 0.717) is 31.2 Å². The summed E-state index contributed by atoms with van der Waals surface area (Å²) in [5.41, 5.74) is -0.192. The van der Waals surface area contributed by atoms with Crippen molar-refractivity contribution >= 4 is 28.9 Å². The highest BCUT2D eigenvalue weighted by atomic mass is 35.5. The molecule has 1 aliphatic heterocycles. The first-order valence-corrected chi connectivity index (χ1v) is 8.75. The second kappa shape index (κ2) is 8.14. The molecule has 1 aliphatic rings. The Bertz CT molecular complexity index is 807. The molecule has 3 rings (SSSR count). The second-order valence-corrected chi connectivity index (χ2v) is 6.59. The van der Waals surface area contributed by atoms with Gasteiger partial charge in [0, 0.05) is 38.6 Å². The highest BCUT2D eigenvalue weighted by molar-refractivity contribution is 6.33. The molecule has 27 heavy (non-hydrogen) atoms. The number of carbonyl (C=O) groups is 1. The molecule has 0 unspecified atom stereocenters. The first-order valence-electron chi connectivity index (χ1n) is 8.37. The third-order valence-electron chi connectivity index (χ3n) is 4.34. The average Bonchev–Trinajstić information content (AvgIpc) is 2.62. The third-order valence-corrected chi connectivity index (χ3v) is 4.63. The Morgan fingerprint density at radius 3 is 2.52 bits per heavy atom. The minimum Gasteiger partial charge on any atom is -0.368 e. The van der Waals surface area contributed by atoms with Gasteiger partial charge in [-0.15, -0.1) is 0 Å². The molecule has 9 heteroatoms. The molecule has 1 fully saturated rings. The predicted molar refractivity (Wildman–Crippen MR) is 98.0 cm³/mol. The van der Waals surface area contributed by atoms with Gasteiger partial charge in [-0.05, 0) is 18.2 Å². The smallest absolute Gasteiger partial charge is 0.368 e. The summed E-state index contributed by atoms with van der Waals surface area (Å²) in [6.45, 7) is 2.57. The molecular weight excluding hydrogens is 381 g/mol. The number of rotatable bonds is 4. The van der Waals surface area contributed by atoms with Gasteiger partial charge in [-0.3, -0.25) is 14.7 Å². The Labute approximate surface area is 159 Å². The number of pyridine rings is 1. The summed E-state index contributed by atoms with van der Waals surface area (Å²) in [4.78, 5) is 20.2. The Morgan fingerprint density at radius 2 is 1.85 bits per heavy atom. The number of aromatic nitrogens is 1. The van der Waals surface area contributed by atoms with Crippen LogP contribution >= 0.6 is 11.6 Å². The maximum absolute atomic E-state index is 13.0. The molecule has 2 aromatic rings. The Kier molecular flexibility index (Phi) is 5.86. The lowest BCUT2D eigenvalue weighted by Gasteiger charge is -2.36. The van der Waals surface area contributed by atoms with Gasteiger partial charge in [0.15, 0.2) is 0 Å². The fourth-order valence-electron chi connectivity index (χ4n) is 3.00. The van der Waals surface area contributed by atoms with E-state index in [1.165, 1.54) is 18.2 Å². The number of para-hydroxylation sites is 1. The fourth-order valence-corrected chi connectivity index (χ4v) is 3.24. The summed E-state index contributed by atoms with van der Waals surface area (Å²) in [6, 6.07) is 6.79. The number of piperazine rings is 1. The summed E-state index contributed by atoms with van der Waals surface area (Å²) < 4.78 is 39.0. The maximum Gasteiger partial charge on any atom is 0.418 e. The largest absolute Gasteiger partial charge is 0.418 e. The molecule has 1 N–H and O–H groups in total. The predicted octanol–water partition coefficient (Wildman–Crippen LogP) is 3.51. The number of hydrogen-bond acceptors (Lipinski definition) is 4. The standard InChI is InChI=1S/C18H18ClF3N4O/c19-14-11-23-6-5-16(14)26-9-7-25(8-10-26)12-17(27)24-15-4-2-1-3-13(15)18(20,21)22/h1-6,11H,7-10,12H2,(H,24,27). The van der Waals surface area contributed by atoms with Crippen LogP contribution in [-0.2, 0) is 11.0 Å². The first-order chi connectivity index (χ1) is 12.8. The van der Waals surface area contributed by atoms with Crippen LogP contribution in [0.4, 0.5) is 24.5 Å². The fraction of sp³-hybridized carbons (Fsp3) is 0.333.